The van der Waals surface area contributed by atoms with Crippen LogP contribution >= 0.6 is 23.7 Å². The Bertz CT molecular complexity index is 1110. The summed E-state index contributed by atoms with van der Waals surface area (Å²) < 4.78 is 11.7. The third kappa shape index (κ3) is 6.19. The summed E-state index contributed by atoms with van der Waals surface area (Å²) >= 11 is 1.35. The van der Waals surface area contributed by atoms with Crippen LogP contribution in [0.4, 0.5) is 10.8 Å². The highest BCUT2D eigenvalue weighted by molar-refractivity contribution is 7.22. The van der Waals surface area contributed by atoms with Crippen molar-refractivity contribution in [2.24, 2.45) is 0 Å². The van der Waals surface area contributed by atoms with E-state index in [-0.39, 0.29) is 24.0 Å². The predicted octanol–water partition coefficient (Wildman–Crippen LogP) is 4.25. The van der Waals surface area contributed by atoms with Crippen LogP contribution in [-0.4, -0.2) is 62.1 Å². The first kappa shape index (κ1) is 26.0. The van der Waals surface area contributed by atoms with Gasteiger partial charge in [0.25, 0.3) is 11.6 Å². The number of nitrogens with zero attached hydrogens (tertiary/aromatic N) is 4. The molecule has 0 bridgehead atoms. The zero-order valence-electron chi connectivity index (χ0n) is 18.7. The van der Waals surface area contributed by atoms with E-state index >= 15 is 0 Å². The summed E-state index contributed by atoms with van der Waals surface area (Å²) in [7, 11) is 7.02. The summed E-state index contributed by atoms with van der Waals surface area (Å²) in [5.41, 5.74) is 1.32. The Balaban J connectivity index is 0.00000385. The molecule has 0 radical (unpaired) electrons. The molecule has 1 aromatic heterocycles. The number of aromatic nitrogens is 1. The molecule has 33 heavy (non-hydrogen) atoms. The van der Waals surface area contributed by atoms with Gasteiger partial charge in [-0.2, -0.15) is 0 Å². The lowest BCUT2D eigenvalue weighted by molar-refractivity contribution is -0.384. The highest BCUT2D eigenvalue weighted by Crippen LogP contribution is 2.40. The van der Waals surface area contributed by atoms with Crippen LogP contribution in [0.1, 0.15) is 5.56 Å². The van der Waals surface area contributed by atoms with Crippen molar-refractivity contribution in [3.63, 3.8) is 0 Å². The lowest BCUT2D eigenvalue weighted by Crippen LogP contribution is -2.35. The number of non-ortho nitro benzene ring substituents is 1. The first-order valence-corrected chi connectivity index (χ1v) is 10.6. The lowest BCUT2D eigenvalue weighted by atomic mass is 10.2. The number of methoxy groups -OCH3 is 2. The van der Waals surface area contributed by atoms with Crippen LogP contribution in [-0.2, 0) is 4.79 Å². The van der Waals surface area contributed by atoms with Crippen molar-refractivity contribution in [1.29, 1.82) is 0 Å². The van der Waals surface area contributed by atoms with Gasteiger partial charge in [0.15, 0.2) is 5.13 Å². The molecule has 0 saturated heterocycles. The van der Waals surface area contributed by atoms with Gasteiger partial charge in [-0.15, -0.1) is 12.4 Å². The number of ether oxygens (including phenoxy) is 2. The van der Waals surface area contributed by atoms with Crippen LogP contribution in [0.2, 0.25) is 0 Å². The molecule has 2 aromatic carbocycles. The largest absolute Gasteiger partial charge is 0.495 e. The van der Waals surface area contributed by atoms with Gasteiger partial charge in [0.05, 0.1) is 19.1 Å². The molecule has 0 saturated carbocycles. The highest BCUT2D eigenvalue weighted by Gasteiger charge is 2.21. The molecule has 0 N–H and O–H groups in total. The van der Waals surface area contributed by atoms with Gasteiger partial charge in [0.2, 0.25) is 0 Å². The maximum Gasteiger partial charge on any atom is 0.269 e. The number of fused-ring (bicyclic) bond motifs is 1. The summed E-state index contributed by atoms with van der Waals surface area (Å²) in [5, 5.41) is 11.3. The van der Waals surface area contributed by atoms with Gasteiger partial charge in [-0.3, -0.25) is 19.8 Å². The summed E-state index contributed by atoms with van der Waals surface area (Å²) in [5.74, 6) is 1.01. The van der Waals surface area contributed by atoms with E-state index in [0.717, 1.165) is 4.70 Å². The average Bonchev–Trinajstić information content (AvgIpc) is 3.22. The lowest BCUT2D eigenvalue weighted by Gasteiger charge is -2.20. The van der Waals surface area contributed by atoms with Crippen LogP contribution in [0.25, 0.3) is 16.3 Å². The van der Waals surface area contributed by atoms with E-state index in [9.17, 15) is 14.9 Å². The van der Waals surface area contributed by atoms with E-state index in [4.69, 9.17) is 9.47 Å². The Labute approximate surface area is 201 Å². The number of carbonyl (C=O) groups excluding carboxylic acids is 1. The predicted molar refractivity (Wildman–Crippen MR) is 133 cm³/mol. The van der Waals surface area contributed by atoms with E-state index in [1.165, 1.54) is 29.5 Å². The number of rotatable bonds is 9. The summed E-state index contributed by atoms with van der Waals surface area (Å²) in [6.07, 6.45) is 3.07. The normalized spacial score (nSPS) is 10.9. The minimum Gasteiger partial charge on any atom is -0.495 e. The second-order valence-corrected chi connectivity index (χ2v) is 8.10. The summed E-state index contributed by atoms with van der Waals surface area (Å²) in [6, 6.07) is 9.59. The fourth-order valence-electron chi connectivity index (χ4n) is 2.95. The summed E-state index contributed by atoms with van der Waals surface area (Å²) in [6.45, 7) is 1.07. The average molecular weight is 493 g/mol. The molecule has 0 unspecified atom stereocenters. The third-order valence-corrected chi connectivity index (χ3v) is 5.78. The number of nitro groups is 1. The monoisotopic (exact) mass is 492 g/mol. The van der Waals surface area contributed by atoms with Crippen molar-refractivity contribution in [3.05, 3.63) is 58.2 Å². The number of anilines is 1. The smallest absolute Gasteiger partial charge is 0.269 e. The Morgan fingerprint density at radius 1 is 1.09 bits per heavy atom. The molecule has 176 valence electrons. The van der Waals surface area contributed by atoms with E-state index in [2.05, 4.69) is 4.98 Å². The Morgan fingerprint density at radius 2 is 1.73 bits per heavy atom. The van der Waals surface area contributed by atoms with Gasteiger partial charge >= 0.3 is 0 Å². The first-order valence-electron chi connectivity index (χ1n) is 9.74. The van der Waals surface area contributed by atoms with E-state index in [1.807, 2.05) is 25.1 Å². The Morgan fingerprint density at radius 3 is 2.30 bits per heavy atom. The molecule has 3 rings (SSSR count). The van der Waals surface area contributed by atoms with Crippen LogP contribution in [0, 0.1) is 10.1 Å². The number of hydrogen-bond donors (Lipinski definition) is 0. The minimum absolute atomic E-state index is 0. The van der Waals surface area contributed by atoms with E-state index < -0.39 is 4.92 Å². The second-order valence-electron chi connectivity index (χ2n) is 7.12. The van der Waals surface area contributed by atoms with Gasteiger partial charge in [-0.25, -0.2) is 4.98 Å². The fourth-order valence-corrected chi connectivity index (χ4v) is 4.06. The number of amides is 1. The zero-order valence-corrected chi connectivity index (χ0v) is 20.3. The number of halogens is 1. The van der Waals surface area contributed by atoms with Crippen LogP contribution < -0.4 is 14.4 Å². The molecule has 0 atom stereocenters. The summed E-state index contributed by atoms with van der Waals surface area (Å²) in [4.78, 5) is 31.7. The number of benzene rings is 2. The van der Waals surface area contributed by atoms with Gasteiger partial charge in [-0.05, 0) is 50.0 Å². The standard InChI is InChI=1S/C22H24N4O5S.ClH/c1-24(2)13-14-25(19(27)12-7-15-5-8-16(9-6-15)26(28)29)22-23-20-17(30-3)10-11-18(31-4)21(20)32-22;/h5-12H,13-14H2,1-4H3;1H. The van der Waals surface area contributed by atoms with Gasteiger partial charge in [-0.1, -0.05) is 11.3 Å². The fraction of sp³-hybridized carbons (Fsp3) is 0.273. The quantitative estimate of drug-likeness (QED) is 0.250. The number of thiazole rings is 1. The number of nitro benzene ring substituents is 1. The molecular formula is C22H25ClN4O5S. The molecule has 0 fully saturated rings. The van der Waals surface area contributed by atoms with Crippen LogP contribution in [0.5, 0.6) is 11.5 Å². The van der Waals surface area contributed by atoms with Crippen molar-refractivity contribution in [1.82, 2.24) is 9.88 Å². The van der Waals surface area contributed by atoms with Crippen molar-refractivity contribution in [2.45, 2.75) is 0 Å². The van der Waals surface area contributed by atoms with Crippen molar-refractivity contribution >= 4 is 56.8 Å². The minimum atomic E-state index is -0.461. The van der Waals surface area contributed by atoms with Gasteiger partial charge in [0.1, 0.15) is 21.7 Å². The number of hydrogen-bond acceptors (Lipinski definition) is 8. The van der Waals surface area contributed by atoms with Gasteiger partial charge in [0, 0.05) is 31.3 Å². The number of likely N-dealkylation sites (N-methyl/N-ethyl adjacent to an activating group) is 1. The van der Waals surface area contributed by atoms with Crippen LogP contribution in [0.3, 0.4) is 0 Å². The molecule has 11 heteroatoms. The van der Waals surface area contributed by atoms with Crippen LogP contribution in [0.15, 0.2) is 42.5 Å². The maximum absolute atomic E-state index is 13.1. The molecule has 3 aromatic rings. The van der Waals surface area contributed by atoms with Gasteiger partial charge < -0.3 is 14.4 Å². The van der Waals surface area contributed by atoms with E-state index in [1.54, 1.807) is 43.4 Å². The Hall–Kier alpha value is -3.21. The van der Waals surface area contributed by atoms with Crippen molar-refractivity contribution < 1.29 is 19.2 Å². The zero-order chi connectivity index (χ0) is 23.3. The maximum atomic E-state index is 13.1. The molecular weight excluding hydrogens is 468 g/mol. The molecule has 1 heterocycles. The SMILES string of the molecule is COc1ccc(OC)c2sc(N(CCN(C)C)C(=O)C=Cc3ccc([N+](=O)[O-])cc3)nc12.Cl. The molecule has 0 aliphatic rings. The molecule has 9 nitrogen and oxygen atoms in total. The Kier molecular flexibility index (Phi) is 9.15. The highest BCUT2D eigenvalue weighted by atomic mass is 35.5. The van der Waals surface area contributed by atoms with Crippen molar-refractivity contribution in [3.8, 4) is 11.5 Å². The molecule has 0 aliphatic carbocycles. The molecule has 0 spiro atoms. The second kappa shape index (κ2) is 11.6. The molecule has 1 amide bonds. The van der Waals surface area contributed by atoms with Crippen molar-refractivity contribution in [2.75, 3.05) is 46.3 Å². The number of carbonyl (C=O) groups is 1. The molecule has 0 aliphatic heterocycles. The third-order valence-electron chi connectivity index (χ3n) is 4.69. The topological polar surface area (TPSA) is 98.0 Å². The first-order chi connectivity index (χ1) is 15.3. The van der Waals surface area contributed by atoms with E-state index in [0.29, 0.717) is 40.8 Å².